The van der Waals surface area contributed by atoms with Crippen LogP contribution in [0.15, 0.2) is 0 Å². The molecule has 0 aromatic heterocycles. The summed E-state index contributed by atoms with van der Waals surface area (Å²) in [5, 5.41) is 14.0. The molecule has 0 spiro atoms. The molecule has 3 unspecified atom stereocenters. The van der Waals surface area contributed by atoms with Crippen molar-refractivity contribution in [1.29, 1.82) is 0 Å². The smallest absolute Gasteiger partial charge is 0.219 e. The Morgan fingerprint density at radius 3 is 2.37 bits per heavy atom. The topological polar surface area (TPSA) is 66.4 Å². The van der Waals surface area contributed by atoms with Crippen LogP contribution in [0.1, 0.15) is 149 Å². The Hall–Kier alpha value is -0.900. The van der Waals surface area contributed by atoms with Crippen LogP contribution in [0.25, 0.3) is 0 Å². The first-order valence-electron chi connectivity index (χ1n) is 16.8. The number of rotatable bonds is 14. The number of hydrogen-bond acceptors (Lipinski definition) is 3. The van der Waals surface area contributed by atoms with Crippen molar-refractivity contribution in [2.45, 2.75) is 155 Å². The lowest BCUT2D eigenvalue weighted by Gasteiger charge is -2.62. The zero-order chi connectivity index (χ0) is 27.2. The molecule has 2 N–H and O–H groups in total. The van der Waals surface area contributed by atoms with E-state index in [1.807, 2.05) is 0 Å². The number of nitrogens with one attached hydrogen (secondary N) is 1. The highest BCUT2D eigenvalue weighted by molar-refractivity contribution is 5.79. The largest absolute Gasteiger partial charge is 0.393 e. The van der Waals surface area contributed by atoms with E-state index in [0.717, 1.165) is 62.8 Å². The van der Waals surface area contributed by atoms with Crippen LogP contribution in [-0.4, -0.2) is 29.4 Å². The van der Waals surface area contributed by atoms with E-state index < -0.39 is 0 Å². The Bertz CT molecular complexity index is 782. The summed E-state index contributed by atoms with van der Waals surface area (Å²) in [6.07, 6.45) is 22.7. The van der Waals surface area contributed by atoms with E-state index in [4.69, 9.17) is 0 Å². The predicted molar refractivity (Wildman–Crippen MR) is 156 cm³/mol. The third kappa shape index (κ3) is 6.69. The summed E-state index contributed by atoms with van der Waals surface area (Å²) in [4.78, 5) is 24.4. The first kappa shape index (κ1) is 30.1. The number of fused-ring (bicyclic) bond motifs is 5. The van der Waals surface area contributed by atoms with Crippen LogP contribution >= 0.6 is 0 Å². The Morgan fingerprint density at radius 1 is 0.895 bits per heavy atom. The lowest BCUT2D eigenvalue weighted by molar-refractivity contribution is -0.156. The molecule has 218 valence electrons. The monoisotopic (exact) mass is 529 g/mol. The van der Waals surface area contributed by atoms with E-state index in [1.165, 1.54) is 83.5 Å². The van der Waals surface area contributed by atoms with Gasteiger partial charge in [0.15, 0.2) is 0 Å². The summed E-state index contributed by atoms with van der Waals surface area (Å²) >= 11 is 0. The fraction of sp³-hybridized carbons (Fsp3) is 0.941. The summed E-state index contributed by atoms with van der Waals surface area (Å²) < 4.78 is 0. The summed E-state index contributed by atoms with van der Waals surface area (Å²) in [5.74, 6) is 4.27. The van der Waals surface area contributed by atoms with Crippen LogP contribution in [-0.2, 0) is 9.59 Å². The third-order valence-electron chi connectivity index (χ3n) is 12.2. The van der Waals surface area contributed by atoms with Crippen LogP contribution in [0.4, 0.5) is 0 Å². The quantitative estimate of drug-likeness (QED) is 0.224. The molecule has 0 aromatic carbocycles. The molecule has 0 heterocycles. The van der Waals surface area contributed by atoms with Gasteiger partial charge in [-0.1, -0.05) is 78.6 Å². The van der Waals surface area contributed by atoms with E-state index in [0.29, 0.717) is 29.5 Å². The van der Waals surface area contributed by atoms with Gasteiger partial charge in [0.05, 0.1) is 6.10 Å². The first-order chi connectivity index (χ1) is 18.3. The molecule has 4 aliphatic rings. The van der Waals surface area contributed by atoms with Gasteiger partial charge in [0.2, 0.25) is 5.91 Å². The van der Waals surface area contributed by atoms with Gasteiger partial charge < -0.3 is 10.4 Å². The Kier molecular flexibility index (Phi) is 10.8. The van der Waals surface area contributed by atoms with Crippen molar-refractivity contribution in [1.82, 2.24) is 5.32 Å². The SMILES string of the molecule is CCCCCNC(=O)CCCCCCCCCC1CC2CC(=O)CC[C@]2(C)[C@@H]2CC[C@]3(C)C(O)CC[C@H]3[C@H]12. The number of aliphatic hydroxyl groups excluding tert-OH is 1. The number of amides is 1. The third-order valence-corrected chi connectivity index (χ3v) is 12.2. The van der Waals surface area contributed by atoms with Gasteiger partial charge in [-0.3, -0.25) is 9.59 Å². The molecule has 4 rings (SSSR count). The number of Topliss-reactive ketones (excluding diaryl/α,β-unsaturated/α-hetero) is 1. The Balaban J connectivity index is 1.20. The highest BCUT2D eigenvalue weighted by atomic mass is 16.3. The van der Waals surface area contributed by atoms with Crippen LogP contribution in [0, 0.1) is 40.4 Å². The lowest BCUT2D eigenvalue weighted by Crippen LogP contribution is -2.57. The van der Waals surface area contributed by atoms with Gasteiger partial charge in [0, 0.05) is 25.8 Å². The highest BCUT2D eigenvalue weighted by Gasteiger charge is 2.62. The Labute approximate surface area is 233 Å². The number of carbonyl (C=O) groups excluding carboxylic acids is 2. The number of carbonyl (C=O) groups is 2. The molecule has 0 aromatic rings. The van der Waals surface area contributed by atoms with E-state index in [1.54, 1.807) is 0 Å². The molecule has 0 radical (unpaired) electrons. The maximum absolute atomic E-state index is 12.5. The fourth-order valence-electron chi connectivity index (χ4n) is 9.76. The predicted octanol–water partition coefficient (Wildman–Crippen LogP) is 8.00. The van der Waals surface area contributed by atoms with Crippen LogP contribution in [0.3, 0.4) is 0 Å². The van der Waals surface area contributed by atoms with Gasteiger partial charge in [-0.25, -0.2) is 0 Å². The van der Waals surface area contributed by atoms with Crippen molar-refractivity contribution in [2.75, 3.05) is 6.54 Å². The van der Waals surface area contributed by atoms with E-state index in [2.05, 4.69) is 26.1 Å². The van der Waals surface area contributed by atoms with Crippen molar-refractivity contribution < 1.29 is 14.7 Å². The molecule has 4 aliphatic carbocycles. The second-order valence-corrected chi connectivity index (χ2v) is 14.4. The molecule has 8 atom stereocenters. The van der Waals surface area contributed by atoms with Gasteiger partial charge >= 0.3 is 0 Å². The molecular weight excluding hydrogens is 470 g/mol. The van der Waals surface area contributed by atoms with Crippen molar-refractivity contribution in [3.63, 3.8) is 0 Å². The number of aliphatic hydroxyl groups is 1. The normalized spacial score (nSPS) is 38.4. The molecule has 4 fully saturated rings. The molecule has 4 saturated carbocycles. The number of hydrogen-bond donors (Lipinski definition) is 2. The van der Waals surface area contributed by atoms with Crippen molar-refractivity contribution >= 4 is 11.7 Å². The minimum atomic E-state index is -0.111. The summed E-state index contributed by atoms with van der Waals surface area (Å²) in [6, 6.07) is 0. The molecular formula is C34H59NO3. The van der Waals surface area contributed by atoms with Crippen molar-refractivity contribution in [2.24, 2.45) is 40.4 Å². The van der Waals surface area contributed by atoms with E-state index in [9.17, 15) is 14.7 Å². The van der Waals surface area contributed by atoms with Crippen molar-refractivity contribution in [3.05, 3.63) is 0 Å². The standard InChI is InChI=1S/C34H59NO3/c1-4-5-13-22-35-31(38)15-12-10-8-6-7-9-11-14-25-23-26-24-27(36)18-20-33(26,2)29-19-21-34(3)28(32(25)29)16-17-30(34)37/h25-26,28-30,32,37H,4-24H2,1-3H3,(H,35,38)/t25?,26?,28-,29+,30?,32-,33-,34-/m0/s1. The minimum Gasteiger partial charge on any atom is -0.393 e. The average molecular weight is 530 g/mol. The molecule has 0 bridgehead atoms. The van der Waals surface area contributed by atoms with Gasteiger partial charge in [0.1, 0.15) is 5.78 Å². The van der Waals surface area contributed by atoms with Gasteiger partial charge in [0.25, 0.3) is 0 Å². The van der Waals surface area contributed by atoms with E-state index in [-0.39, 0.29) is 17.4 Å². The zero-order valence-corrected chi connectivity index (χ0v) is 25.1. The Morgan fingerprint density at radius 2 is 1.61 bits per heavy atom. The lowest BCUT2D eigenvalue weighted by atomic mass is 9.42. The highest BCUT2D eigenvalue weighted by Crippen LogP contribution is 2.67. The molecule has 4 nitrogen and oxygen atoms in total. The molecule has 1 amide bonds. The second-order valence-electron chi connectivity index (χ2n) is 14.4. The number of unbranched alkanes of at least 4 members (excludes halogenated alkanes) is 8. The first-order valence-corrected chi connectivity index (χ1v) is 16.8. The van der Waals surface area contributed by atoms with Gasteiger partial charge in [-0.15, -0.1) is 0 Å². The minimum absolute atomic E-state index is 0.111. The molecule has 0 saturated heterocycles. The van der Waals surface area contributed by atoms with Crippen LogP contribution < -0.4 is 5.32 Å². The molecule has 4 heteroatoms. The summed E-state index contributed by atoms with van der Waals surface area (Å²) in [6.45, 7) is 7.97. The average Bonchev–Trinajstić information content (AvgIpc) is 3.20. The van der Waals surface area contributed by atoms with E-state index >= 15 is 0 Å². The number of ketones is 1. The second kappa shape index (κ2) is 13.6. The maximum Gasteiger partial charge on any atom is 0.219 e. The maximum atomic E-state index is 12.5. The van der Waals surface area contributed by atoms with Gasteiger partial charge in [-0.05, 0) is 91.8 Å². The summed E-state index contributed by atoms with van der Waals surface area (Å²) in [5.41, 5.74) is 0.468. The van der Waals surface area contributed by atoms with Gasteiger partial charge in [-0.2, -0.15) is 0 Å². The van der Waals surface area contributed by atoms with Crippen LogP contribution in [0.5, 0.6) is 0 Å². The molecule has 0 aliphatic heterocycles. The molecule has 38 heavy (non-hydrogen) atoms. The fourth-order valence-corrected chi connectivity index (χ4v) is 9.76. The van der Waals surface area contributed by atoms with Crippen molar-refractivity contribution in [3.8, 4) is 0 Å². The zero-order valence-electron chi connectivity index (χ0n) is 25.1. The van der Waals surface area contributed by atoms with Crippen LogP contribution in [0.2, 0.25) is 0 Å². The summed E-state index contributed by atoms with van der Waals surface area (Å²) in [7, 11) is 0.